The summed E-state index contributed by atoms with van der Waals surface area (Å²) in [5.74, 6) is 0.432. The summed E-state index contributed by atoms with van der Waals surface area (Å²) in [5, 5.41) is 2.50. The highest BCUT2D eigenvalue weighted by Gasteiger charge is 2.57. The molecule has 0 unspecified atom stereocenters. The summed E-state index contributed by atoms with van der Waals surface area (Å²) < 4.78 is 22.8. The maximum atomic E-state index is 7.37. The Morgan fingerprint density at radius 1 is 0.923 bits per heavy atom. The molecule has 0 aromatic heterocycles. The average molecular weight is 542 g/mol. The Kier molecular flexibility index (Phi) is 6.54. The van der Waals surface area contributed by atoms with Gasteiger partial charge in [-0.2, -0.15) is 0 Å². The lowest BCUT2D eigenvalue weighted by molar-refractivity contribution is -0.161. The van der Waals surface area contributed by atoms with Crippen LogP contribution in [0.5, 0.6) is 0 Å². The van der Waals surface area contributed by atoms with E-state index in [1.54, 1.807) is 6.33 Å². The Morgan fingerprint density at radius 2 is 1.54 bits per heavy atom. The molecule has 2 aromatic carbocycles. The number of aromatic nitrogens is 3. The molecule has 4 atom stereocenters. The maximum absolute atomic E-state index is 7.37. The van der Waals surface area contributed by atoms with Gasteiger partial charge in [-0.05, 0) is 54.2 Å². The van der Waals surface area contributed by atoms with Crippen molar-refractivity contribution >= 4 is 18.7 Å². The fourth-order valence-corrected chi connectivity index (χ4v) is 11.4. The van der Waals surface area contributed by atoms with Gasteiger partial charge in [-0.3, -0.25) is 0 Å². The zero-order valence-electron chi connectivity index (χ0n) is 23.8. The molecule has 1 saturated heterocycles. The van der Waals surface area contributed by atoms with Crippen LogP contribution in [0.25, 0.3) is 11.5 Å². The highest BCUT2D eigenvalue weighted by molar-refractivity contribution is 6.99. The topological polar surface area (TPSA) is 58.4 Å². The van der Waals surface area contributed by atoms with Crippen molar-refractivity contribution in [2.45, 2.75) is 77.0 Å². The molecule has 2 aromatic rings. The number of benzene rings is 2. The predicted molar refractivity (Wildman–Crippen MR) is 156 cm³/mol. The van der Waals surface area contributed by atoms with E-state index in [2.05, 4.69) is 115 Å². The number of fused-ring (bicyclic) bond motifs is 2. The molecule has 0 bridgehead atoms. The third kappa shape index (κ3) is 4.45. The standard InChI is InChI=1S/C32H39N3O3Si/c1-22-17-18-35(30-27(22)33-21-34-30)26-19-23(28-29(26)38-32(5,6)37-28)20-36-39(31(2,3)4,24-13-9-7-10-14-24)25-15-11-8-12-16-25/h7-18,21,23,26,28-29H,19-20H2,1-6H3/t23-,26-,28-,29+/m1/s1. The van der Waals surface area contributed by atoms with Gasteiger partial charge in [0, 0.05) is 18.7 Å². The van der Waals surface area contributed by atoms with Crippen molar-refractivity contribution in [1.29, 1.82) is 0 Å². The van der Waals surface area contributed by atoms with Crippen LogP contribution < -0.4 is 10.4 Å². The van der Waals surface area contributed by atoms with Crippen molar-refractivity contribution in [3.63, 3.8) is 0 Å². The van der Waals surface area contributed by atoms with Gasteiger partial charge in [0.1, 0.15) is 18.1 Å². The van der Waals surface area contributed by atoms with E-state index in [1.807, 2.05) is 13.8 Å². The first-order chi connectivity index (χ1) is 18.6. The van der Waals surface area contributed by atoms with E-state index in [0.717, 1.165) is 23.5 Å². The molecule has 3 aliphatic heterocycles. The van der Waals surface area contributed by atoms with E-state index in [0.29, 0.717) is 6.61 Å². The Bertz CT molecular complexity index is 1360. The second-order valence-corrected chi connectivity index (χ2v) is 16.9. The monoisotopic (exact) mass is 541 g/mol. The lowest BCUT2D eigenvalue weighted by Gasteiger charge is -2.43. The lowest BCUT2D eigenvalue weighted by Crippen LogP contribution is -2.67. The predicted octanol–water partition coefficient (Wildman–Crippen LogP) is 5.35. The smallest absolute Gasteiger partial charge is 0.261 e. The van der Waals surface area contributed by atoms with E-state index in [-0.39, 0.29) is 29.2 Å². The van der Waals surface area contributed by atoms with Crippen LogP contribution in [0.3, 0.4) is 0 Å². The first kappa shape index (κ1) is 26.4. The summed E-state index contributed by atoms with van der Waals surface area (Å²) in [6, 6.07) is 23.9. The molecule has 6 nitrogen and oxygen atoms in total. The van der Waals surface area contributed by atoms with E-state index >= 15 is 0 Å². The van der Waals surface area contributed by atoms with Crippen molar-refractivity contribution in [2.75, 3.05) is 6.61 Å². The van der Waals surface area contributed by atoms with Gasteiger partial charge in [-0.25, -0.2) is 9.97 Å². The molecule has 1 aliphatic carbocycles. The lowest BCUT2D eigenvalue weighted by atomic mass is 10.1. The molecule has 7 heteroatoms. The minimum absolute atomic E-state index is 0.0602. The van der Waals surface area contributed by atoms with Gasteiger partial charge in [-0.1, -0.05) is 81.4 Å². The number of hydrogen-bond acceptors (Lipinski definition) is 5. The highest BCUT2D eigenvalue weighted by Crippen LogP contribution is 2.49. The SMILES string of the molecule is Cc1ccn([C@@H]2C[C@H](CO[Si](c3ccccc3)(c3ccccc3)C(C)(C)C)[C@H]3OC(C)(C)O[C@H]32)c2ncnc1-2. The average Bonchev–Trinajstić information content (AvgIpc) is 3.60. The number of aryl methyl sites for hydroxylation is 1. The van der Waals surface area contributed by atoms with Gasteiger partial charge in [0.05, 0.1) is 12.1 Å². The fourth-order valence-electron chi connectivity index (χ4n) is 6.82. The quantitative estimate of drug-likeness (QED) is 0.308. The first-order valence-corrected chi connectivity index (χ1v) is 15.9. The summed E-state index contributed by atoms with van der Waals surface area (Å²) in [6.45, 7) is 13.7. The van der Waals surface area contributed by atoms with E-state index < -0.39 is 14.1 Å². The number of nitrogens with zero attached hydrogens (tertiary/aromatic N) is 3. The number of ether oxygens (including phenoxy) is 2. The number of rotatable bonds is 6. The van der Waals surface area contributed by atoms with E-state index in [9.17, 15) is 0 Å². The van der Waals surface area contributed by atoms with Crippen molar-refractivity contribution < 1.29 is 13.9 Å². The van der Waals surface area contributed by atoms with Crippen LogP contribution in [0.2, 0.25) is 5.04 Å². The van der Waals surface area contributed by atoms with Gasteiger partial charge >= 0.3 is 0 Å². The zero-order chi connectivity index (χ0) is 27.4. The molecule has 3 heterocycles. The van der Waals surface area contributed by atoms with Gasteiger partial charge in [0.2, 0.25) is 0 Å². The van der Waals surface area contributed by atoms with Gasteiger partial charge in [-0.15, -0.1) is 0 Å². The second-order valence-electron chi connectivity index (χ2n) is 12.6. The van der Waals surface area contributed by atoms with Crippen molar-refractivity contribution in [2.24, 2.45) is 5.92 Å². The molecule has 0 spiro atoms. The normalized spacial score (nSPS) is 24.8. The maximum Gasteiger partial charge on any atom is 0.261 e. The molecule has 0 amide bonds. The molecule has 0 N–H and O–H groups in total. The first-order valence-electron chi connectivity index (χ1n) is 14.0. The van der Waals surface area contributed by atoms with Crippen LogP contribution in [0.15, 0.2) is 79.3 Å². The number of imidazole rings is 1. The summed E-state index contributed by atoms with van der Waals surface area (Å²) in [7, 11) is -2.66. The summed E-state index contributed by atoms with van der Waals surface area (Å²) in [4.78, 5) is 9.15. The van der Waals surface area contributed by atoms with E-state index in [4.69, 9.17) is 13.9 Å². The summed E-state index contributed by atoms with van der Waals surface area (Å²) in [6.07, 6.45) is 4.53. The molecule has 39 heavy (non-hydrogen) atoms. The molecule has 1 saturated carbocycles. The molecular weight excluding hydrogens is 502 g/mol. The van der Waals surface area contributed by atoms with Crippen LogP contribution >= 0.6 is 0 Å². The Hall–Kier alpha value is -2.84. The molecular formula is C32H39N3O3Si. The minimum Gasteiger partial charge on any atom is -0.407 e. The number of pyridine rings is 1. The fraction of sp³-hybridized carbons (Fsp3) is 0.438. The second kappa shape index (κ2) is 9.66. The molecule has 6 rings (SSSR count). The Morgan fingerprint density at radius 3 is 2.15 bits per heavy atom. The van der Waals surface area contributed by atoms with Crippen molar-refractivity contribution in [3.05, 3.63) is 84.8 Å². The van der Waals surface area contributed by atoms with Crippen LogP contribution in [0.1, 0.15) is 52.6 Å². The van der Waals surface area contributed by atoms with Crippen molar-refractivity contribution in [3.8, 4) is 11.5 Å². The summed E-state index contributed by atoms with van der Waals surface area (Å²) in [5.41, 5.74) is 2.07. The largest absolute Gasteiger partial charge is 0.407 e. The van der Waals surface area contributed by atoms with Gasteiger partial charge in [0.15, 0.2) is 11.6 Å². The number of hydrogen-bond donors (Lipinski definition) is 0. The molecule has 4 aliphatic rings. The summed E-state index contributed by atoms with van der Waals surface area (Å²) >= 11 is 0. The van der Waals surface area contributed by atoms with Gasteiger partial charge in [0.25, 0.3) is 8.32 Å². The Balaban J connectivity index is 1.37. The highest BCUT2D eigenvalue weighted by atomic mass is 28.4. The third-order valence-corrected chi connectivity index (χ3v) is 13.5. The minimum atomic E-state index is -2.66. The van der Waals surface area contributed by atoms with Gasteiger partial charge < -0.3 is 18.5 Å². The van der Waals surface area contributed by atoms with Crippen LogP contribution in [0, 0.1) is 12.8 Å². The van der Waals surface area contributed by atoms with E-state index in [1.165, 1.54) is 10.4 Å². The molecule has 0 radical (unpaired) electrons. The molecule has 2 fully saturated rings. The van der Waals surface area contributed by atoms with Crippen LogP contribution in [0.4, 0.5) is 0 Å². The molecule has 204 valence electrons. The Labute approximate surface area is 232 Å². The zero-order valence-corrected chi connectivity index (χ0v) is 24.8. The van der Waals surface area contributed by atoms with Crippen molar-refractivity contribution in [1.82, 2.24) is 14.5 Å². The third-order valence-electron chi connectivity index (χ3n) is 8.52. The van der Waals surface area contributed by atoms with Crippen LogP contribution in [-0.4, -0.2) is 47.5 Å². The van der Waals surface area contributed by atoms with Crippen LogP contribution in [-0.2, 0) is 13.9 Å².